The summed E-state index contributed by atoms with van der Waals surface area (Å²) in [5.74, 6) is -0.645. The fourth-order valence-electron chi connectivity index (χ4n) is 4.65. The zero-order valence-electron chi connectivity index (χ0n) is 23.4. The number of hydrogen-bond acceptors (Lipinski definition) is 8. The first-order valence-electron chi connectivity index (χ1n) is 13.5. The van der Waals surface area contributed by atoms with Crippen LogP contribution in [0.4, 0.5) is 5.69 Å². The number of phenols is 1. The number of aliphatic hydroxyl groups is 1. The van der Waals surface area contributed by atoms with Crippen molar-refractivity contribution in [1.29, 1.82) is 0 Å². The minimum atomic E-state index is -3.99. The molecule has 5 N–H and O–H groups in total. The SMILES string of the molecule is CC(C)CN(C[C@@H](O)[C@H](Cc1ccccc1)NC(=O)Cc1cc2ccc(O)cc2oc1=O)S(=O)(=O)c1ccc(N)cc1. The average Bonchev–Trinajstić information content (AvgIpc) is 2.93. The van der Waals surface area contributed by atoms with E-state index in [9.17, 15) is 28.2 Å². The Morgan fingerprint density at radius 3 is 2.36 bits per heavy atom. The highest BCUT2D eigenvalue weighted by Crippen LogP contribution is 2.21. The monoisotopic (exact) mass is 593 g/mol. The van der Waals surface area contributed by atoms with Crippen molar-refractivity contribution in [3.05, 3.63) is 100 Å². The molecule has 2 atom stereocenters. The molecule has 0 saturated heterocycles. The number of sulfonamides is 1. The molecule has 0 bridgehead atoms. The molecule has 222 valence electrons. The summed E-state index contributed by atoms with van der Waals surface area (Å²) in [5, 5.41) is 24.4. The lowest BCUT2D eigenvalue weighted by Gasteiger charge is -2.30. The number of rotatable bonds is 12. The Morgan fingerprint density at radius 1 is 1.00 bits per heavy atom. The molecule has 0 aliphatic carbocycles. The predicted molar refractivity (Wildman–Crippen MR) is 160 cm³/mol. The predicted octanol–water partition coefficient (Wildman–Crippen LogP) is 3.06. The number of aliphatic hydroxyl groups excluding tert-OH is 1. The summed E-state index contributed by atoms with van der Waals surface area (Å²) in [6, 6.07) is 20.0. The van der Waals surface area contributed by atoms with E-state index in [1.807, 2.05) is 44.2 Å². The summed E-state index contributed by atoms with van der Waals surface area (Å²) in [7, 11) is -3.99. The number of nitrogens with zero attached hydrogens (tertiary/aromatic N) is 1. The molecule has 0 saturated carbocycles. The minimum absolute atomic E-state index is 0.0445. The normalized spacial score (nSPS) is 13.4. The van der Waals surface area contributed by atoms with Crippen LogP contribution >= 0.6 is 0 Å². The second kappa shape index (κ2) is 13.2. The molecule has 42 heavy (non-hydrogen) atoms. The molecule has 10 nitrogen and oxygen atoms in total. The summed E-state index contributed by atoms with van der Waals surface area (Å²) in [6.07, 6.45) is -1.39. The molecule has 1 heterocycles. The molecule has 0 aliphatic rings. The number of aromatic hydroxyl groups is 1. The van der Waals surface area contributed by atoms with E-state index < -0.39 is 33.7 Å². The van der Waals surface area contributed by atoms with E-state index >= 15 is 0 Å². The maximum atomic E-state index is 13.6. The molecule has 0 aliphatic heterocycles. The van der Waals surface area contributed by atoms with Crippen LogP contribution in [0, 0.1) is 5.92 Å². The molecule has 1 aromatic heterocycles. The van der Waals surface area contributed by atoms with Gasteiger partial charge in [0, 0.05) is 35.8 Å². The van der Waals surface area contributed by atoms with Crippen LogP contribution in [0.3, 0.4) is 0 Å². The van der Waals surface area contributed by atoms with Crippen LogP contribution in [-0.2, 0) is 27.7 Å². The van der Waals surface area contributed by atoms with Gasteiger partial charge in [0.05, 0.1) is 23.5 Å². The molecule has 3 aromatic carbocycles. The molecular weight excluding hydrogens is 558 g/mol. The fourth-order valence-corrected chi connectivity index (χ4v) is 6.27. The minimum Gasteiger partial charge on any atom is -0.508 e. The number of anilines is 1. The zero-order valence-corrected chi connectivity index (χ0v) is 24.3. The molecule has 4 rings (SSSR count). The van der Waals surface area contributed by atoms with E-state index in [1.54, 1.807) is 6.07 Å². The van der Waals surface area contributed by atoms with Crippen LogP contribution in [-0.4, -0.2) is 54.1 Å². The van der Waals surface area contributed by atoms with Gasteiger partial charge >= 0.3 is 5.63 Å². The summed E-state index contributed by atoms with van der Waals surface area (Å²) in [6.45, 7) is 3.61. The first-order chi connectivity index (χ1) is 19.9. The fraction of sp³-hybridized carbons (Fsp3) is 0.290. The molecule has 0 unspecified atom stereocenters. The van der Waals surface area contributed by atoms with E-state index in [1.165, 1.54) is 46.8 Å². The lowest BCUT2D eigenvalue weighted by Crippen LogP contribution is -2.51. The van der Waals surface area contributed by atoms with Crippen molar-refractivity contribution in [2.24, 2.45) is 5.92 Å². The van der Waals surface area contributed by atoms with Gasteiger partial charge in [-0.25, -0.2) is 13.2 Å². The Labute approximate surface area is 244 Å². The van der Waals surface area contributed by atoms with Crippen molar-refractivity contribution in [1.82, 2.24) is 9.62 Å². The zero-order chi connectivity index (χ0) is 30.4. The lowest BCUT2D eigenvalue weighted by molar-refractivity contribution is -0.122. The van der Waals surface area contributed by atoms with E-state index in [0.717, 1.165) is 5.56 Å². The van der Waals surface area contributed by atoms with Gasteiger partial charge in [0.15, 0.2) is 0 Å². The summed E-state index contributed by atoms with van der Waals surface area (Å²) in [5.41, 5.74) is 6.56. The Morgan fingerprint density at radius 2 is 1.69 bits per heavy atom. The summed E-state index contributed by atoms with van der Waals surface area (Å²) < 4.78 is 33.6. The Bertz CT molecular complexity index is 1690. The van der Waals surface area contributed by atoms with Gasteiger partial charge in [-0.15, -0.1) is 0 Å². The maximum absolute atomic E-state index is 13.6. The quantitative estimate of drug-likeness (QED) is 0.144. The number of carbonyl (C=O) groups excluding carboxylic acids is 1. The molecule has 0 spiro atoms. The molecule has 11 heteroatoms. The number of carbonyl (C=O) groups is 1. The Kier molecular flexibility index (Phi) is 9.66. The maximum Gasteiger partial charge on any atom is 0.339 e. The van der Waals surface area contributed by atoms with Crippen LogP contribution in [0.1, 0.15) is 25.0 Å². The third kappa shape index (κ3) is 7.75. The van der Waals surface area contributed by atoms with Gasteiger partial charge < -0.3 is 25.7 Å². The number of nitrogens with one attached hydrogen (secondary N) is 1. The molecular formula is C31H35N3O7S. The number of phenolic OH excluding ortho intramolecular Hbond substituents is 1. The van der Waals surface area contributed by atoms with Gasteiger partial charge in [-0.05, 0) is 60.4 Å². The van der Waals surface area contributed by atoms with Crippen molar-refractivity contribution in [3.63, 3.8) is 0 Å². The van der Waals surface area contributed by atoms with Gasteiger partial charge in [-0.3, -0.25) is 4.79 Å². The van der Waals surface area contributed by atoms with Gasteiger partial charge in [0.1, 0.15) is 11.3 Å². The van der Waals surface area contributed by atoms with Crippen LogP contribution < -0.4 is 16.7 Å². The van der Waals surface area contributed by atoms with Crippen molar-refractivity contribution in [2.45, 2.75) is 43.7 Å². The van der Waals surface area contributed by atoms with Crippen molar-refractivity contribution in [2.75, 3.05) is 18.8 Å². The number of amides is 1. The third-order valence-electron chi connectivity index (χ3n) is 6.73. The first-order valence-corrected chi connectivity index (χ1v) is 15.0. The number of benzene rings is 3. The smallest absolute Gasteiger partial charge is 0.339 e. The van der Waals surface area contributed by atoms with E-state index in [-0.39, 0.29) is 53.6 Å². The first kappa shape index (κ1) is 30.8. The third-order valence-corrected chi connectivity index (χ3v) is 8.58. The van der Waals surface area contributed by atoms with Crippen molar-refractivity contribution < 1.29 is 27.8 Å². The molecule has 1 amide bonds. The van der Waals surface area contributed by atoms with E-state index in [2.05, 4.69) is 5.32 Å². The topological polar surface area (TPSA) is 163 Å². The Hall–Kier alpha value is -4.19. The van der Waals surface area contributed by atoms with Gasteiger partial charge in [-0.1, -0.05) is 44.2 Å². The van der Waals surface area contributed by atoms with Crippen LogP contribution in [0.25, 0.3) is 11.0 Å². The summed E-state index contributed by atoms with van der Waals surface area (Å²) >= 11 is 0. The highest BCUT2D eigenvalue weighted by atomic mass is 32.2. The second-order valence-electron chi connectivity index (χ2n) is 10.7. The summed E-state index contributed by atoms with van der Waals surface area (Å²) in [4.78, 5) is 25.8. The van der Waals surface area contributed by atoms with Crippen LogP contribution in [0.15, 0.2) is 93.0 Å². The van der Waals surface area contributed by atoms with Crippen LogP contribution in [0.5, 0.6) is 5.75 Å². The highest BCUT2D eigenvalue weighted by molar-refractivity contribution is 7.89. The number of fused-ring (bicyclic) bond motifs is 1. The van der Waals surface area contributed by atoms with E-state index in [4.69, 9.17) is 10.2 Å². The highest BCUT2D eigenvalue weighted by Gasteiger charge is 2.31. The van der Waals surface area contributed by atoms with Crippen molar-refractivity contribution in [3.8, 4) is 5.75 Å². The molecule has 4 aromatic rings. The van der Waals surface area contributed by atoms with Crippen LogP contribution in [0.2, 0.25) is 0 Å². The van der Waals surface area contributed by atoms with Crippen molar-refractivity contribution >= 4 is 32.6 Å². The standard InChI is InChI=1S/C31H35N3O7S/c1-20(2)18-34(42(39,40)26-12-9-24(32)10-13-26)19-28(36)27(14-21-6-4-3-5-7-21)33-30(37)16-23-15-22-8-11-25(35)17-29(22)41-31(23)38/h3-13,15,17,20,27-28,35-36H,14,16,18-19,32H2,1-2H3,(H,33,37)/t27-,28+/m0/s1. The molecule has 0 fully saturated rings. The Balaban J connectivity index is 1.58. The van der Waals surface area contributed by atoms with E-state index in [0.29, 0.717) is 11.1 Å². The number of nitrogen functional groups attached to an aromatic ring is 1. The number of nitrogens with two attached hydrogens (primary N) is 1. The lowest BCUT2D eigenvalue weighted by atomic mass is 10.00. The van der Waals surface area contributed by atoms with Gasteiger partial charge in [0.2, 0.25) is 15.9 Å². The number of hydrogen-bond donors (Lipinski definition) is 4. The van der Waals surface area contributed by atoms with Gasteiger partial charge in [-0.2, -0.15) is 4.31 Å². The molecule has 0 radical (unpaired) electrons. The second-order valence-corrected chi connectivity index (χ2v) is 12.6. The van der Waals surface area contributed by atoms with Gasteiger partial charge in [0.25, 0.3) is 0 Å². The average molecular weight is 594 g/mol. The largest absolute Gasteiger partial charge is 0.508 e.